The van der Waals surface area contributed by atoms with Crippen molar-refractivity contribution in [1.29, 1.82) is 5.26 Å². The Balaban J connectivity index is 2.64. The van der Waals surface area contributed by atoms with Crippen molar-refractivity contribution in [3.05, 3.63) is 34.9 Å². The average Bonchev–Trinajstić information content (AvgIpc) is 2.20. The third-order valence-electron chi connectivity index (χ3n) is 2.51. The molecule has 0 aliphatic rings. The minimum absolute atomic E-state index is 0.565. The lowest BCUT2D eigenvalue weighted by molar-refractivity contribution is 0.657. The van der Waals surface area contributed by atoms with E-state index in [9.17, 15) is 0 Å². The van der Waals surface area contributed by atoms with Crippen molar-refractivity contribution in [2.24, 2.45) is 5.92 Å². The maximum Gasteiger partial charge on any atom is 0.133 e. The quantitative estimate of drug-likeness (QED) is 0.721. The first-order valence-corrected chi connectivity index (χ1v) is 6.19. The second-order valence-corrected chi connectivity index (χ2v) is 4.95. The van der Waals surface area contributed by atoms with Gasteiger partial charge in [-0.3, -0.25) is 0 Å². The largest absolute Gasteiger partial charge is 0.185 e. The molecule has 1 atom stereocenters. The van der Waals surface area contributed by atoms with Gasteiger partial charge < -0.3 is 0 Å². The highest BCUT2D eigenvalue weighted by molar-refractivity contribution is 8.03. The number of hydrogen-bond acceptors (Lipinski definition) is 2. The fraction of sp³-hybridized carbons (Fsp3) is 0.462. The molecule has 0 aliphatic heterocycles. The molecule has 0 heterocycles. The summed E-state index contributed by atoms with van der Waals surface area (Å²) in [7, 11) is 0. The van der Waals surface area contributed by atoms with Gasteiger partial charge >= 0.3 is 0 Å². The second-order valence-electron chi connectivity index (χ2n) is 4.14. The van der Waals surface area contributed by atoms with Gasteiger partial charge in [-0.05, 0) is 49.1 Å². The predicted octanol–water partition coefficient (Wildman–Crippen LogP) is 3.70. The zero-order valence-corrected chi connectivity index (χ0v) is 10.4. The van der Waals surface area contributed by atoms with Crippen LogP contribution in [0.1, 0.15) is 23.6 Å². The Bertz CT molecular complexity index is 365. The van der Waals surface area contributed by atoms with Crippen LogP contribution < -0.4 is 0 Å². The lowest BCUT2D eigenvalue weighted by atomic mass is 9.97. The van der Waals surface area contributed by atoms with Crippen molar-refractivity contribution in [2.75, 3.05) is 5.75 Å². The minimum Gasteiger partial charge on any atom is -0.185 e. The highest BCUT2D eigenvalue weighted by Crippen LogP contribution is 2.17. The zero-order chi connectivity index (χ0) is 11.3. The van der Waals surface area contributed by atoms with Crippen molar-refractivity contribution >= 4 is 11.8 Å². The van der Waals surface area contributed by atoms with E-state index in [0.29, 0.717) is 5.92 Å². The number of benzene rings is 1. The van der Waals surface area contributed by atoms with E-state index in [2.05, 4.69) is 44.4 Å². The van der Waals surface area contributed by atoms with Crippen LogP contribution in [-0.2, 0) is 6.42 Å². The van der Waals surface area contributed by atoms with Crippen LogP contribution in [0.15, 0.2) is 18.2 Å². The van der Waals surface area contributed by atoms with E-state index in [4.69, 9.17) is 5.26 Å². The Kier molecular flexibility index (Phi) is 4.71. The molecule has 2 heteroatoms. The van der Waals surface area contributed by atoms with Crippen LogP contribution in [0.25, 0.3) is 0 Å². The average molecular weight is 219 g/mol. The monoisotopic (exact) mass is 219 g/mol. The molecule has 0 saturated carbocycles. The molecule has 1 nitrogen and oxygen atoms in total. The molecule has 0 radical (unpaired) electrons. The number of aryl methyl sites for hydroxylation is 2. The molecule has 0 spiro atoms. The molecule has 80 valence electrons. The highest BCUT2D eigenvalue weighted by Gasteiger charge is 2.06. The number of hydrogen-bond donors (Lipinski definition) is 0. The first-order chi connectivity index (χ1) is 7.13. The maximum absolute atomic E-state index is 8.49. The molecule has 1 aromatic carbocycles. The maximum atomic E-state index is 8.49. The van der Waals surface area contributed by atoms with Gasteiger partial charge in [-0.25, -0.2) is 0 Å². The Hall–Kier alpha value is -0.940. The number of nitriles is 1. The van der Waals surface area contributed by atoms with Gasteiger partial charge in [0.2, 0.25) is 0 Å². The van der Waals surface area contributed by atoms with Crippen LogP contribution in [0.5, 0.6) is 0 Å². The molecule has 0 aromatic heterocycles. The number of thioether (sulfide) groups is 1. The molecule has 0 aliphatic carbocycles. The van der Waals surface area contributed by atoms with Gasteiger partial charge in [0.15, 0.2) is 0 Å². The summed E-state index contributed by atoms with van der Waals surface area (Å²) in [6.45, 7) is 6.47. The first-order valence-electron chi connectivity index (χ1n) is 5.20. The normalized spacial score (nSPS) is 12.1. The van der Waals surface area contributed by atoms with E-state index in [-0.39, 0.29) is 0 Å². The topological polar surface area (TPSA) is 23.8 Å². The van der Waals surface area contributed by atoms with Gasteiger partial charge in [0, 0.05) is 5.75 Å². The summed E-state index contributed by atoms with van der Waals surface area (Å²) in [6, 6.07) is 6.57. The van der Waals surface area contributed by atoms with Crippen LogP contribution >= 0.6 is 11.8 Å². The molecular weight excluding hydrogens is 202 g/mol. The first kappa shape index (κ1) is 12.1. The lowest BCUT2D eigenvalue weighted by Crippen LogP contribution is -2.04. The van der Waals surface area contributed by atoms with E-state index >= 15 is 0 Å². The van der Waals surface area contributed by atoms with Crippen LogP contribution in [0, 0.1) is 30.4 Å². The fourth-order valence-corrected chi connectivity index (χ4v) is 2.11. The van der Waals surface area contributed by atoms with E-state index in [1.165, 1.54) is 28.5 Å². The zero-order valence-electron chi connectivity index (χ0n) is 9.58. The molecule has 0 N–H and O–H groups in total. The third-order valence-corrected chi connectivity index (χ3v) is 3.37. The second kappa shape index (κ2) is 5.82. The van der Waals surface area contributed by atoms with Gasteiger partial charge in [0.25, 0.3) is 0 Å². The summed E-state index contributed by atoms with van der Waals surface area (Å²) in [4.78, 5) is 0. The predicted molar refractivity (Wildman–Crippen MR) is 66.9 cm³/mol. The van der Waals surface area contributed by atoms with Crippen LogP contribution in [0.4, 0.5) is 0 Å². The summed E-state index contributed by atoms with van der Waals surface area (Å²) < 4.78 is 0. The molecule has 1 rings (SSSR count). The molecule has 15 heavy (non-hydrogen) atoms. The van der Waals surface area contributed by atoms with Crippen molar-refractivity contribution in [1.82, 2.24) is 0 Å². The summed E-state index contributed by atoms with van der Waals surface area (Å²) in [6.07, 6.45) is 1.07. The van der Waals surface area contributed by atoms with Crippen molar-refractivity contribution in [3.8, 4) is 5.40 Å². The Morgan fingerprint density at radius 2 is 2.13 bits per heavy atom. The van der Waals surface area contributed by atoms with Crippen molar-refractivity contribution in [3.63, 3.8) is 0 Å². The third kappa shape index (κ3) is 3.97. The lowest BCUT2D eigenvalue weighted by Gasteiger charge is -2.12. The highest BCUT2D eigenvalue weighted by atomic mass is 32.2. The van der Waals surface area contributed by atoms with E-state index < -0.39 is 0 Å². The van der Waals surface area contributed by atoms with Crippen LogP contribution in [0.3, 0.4) is 0 Å². The molecular formula is C13H17NS. The molecule has 0 bridgehead atoms. The number of thiocyanates is 1. The summed E-state index contributed by atoms with van der Waals surface area (Å²) in [5.74, 6) is 1.49. The standard InChI is InChI=1S/C13H17NS/c1-10-4-5-12(3)13(6-10)7-11(2)8-15-9-14/h4-6,11H,7-8H2,1-3H3. The van der Waals surface area contributed by atoms with Gasteiger partial charge in [0.05, 0.1) is 0 Å². The van der Waals surface area contributed by atoms with Crippen LogP contribution in [-0.4, -0.2) is 5.75 Å². The van der Waals surface area contributed by atoms with Gasteiger partial charge in [-0.2, -0.15) is 5.26 Å². The Morgan fingerprint density at radius 1 is 1.40 bits per heavy atom. The van der Waals surface area contributed by atoms with Gasteiger partial charge in [-0.1, -0.05) is 30.7 Å². The minimum atomic E-state index is 0.565. The van der Waals surface area contributed by atoms with Gasteiger partial charge in [-0.15, -0.1) is 0 Å². The van der Waals surface area contributed by atoms with Gasteiger partial charge in [0.1, 0.15) is 5.40 Å². The summed E-state index contributed by atoms with van der Waals surface area (Å²) in [5, 5.41) is 10.6. The fourth-order valence-electron chi connectivity index (χ4n) is 1.63. The van der Waals surface area contributed by atoms with Crippen LogP contribution in [0.2, 0.25) is 0 Å². The van der Waals surface area contributed by atoms with Crippen molar-refractivity contribution < 1.29 is 0 Å². The molecule has 1 unspecified atom stereocenters. The molecule has 0 amide bonds. The Morgan fingerprint density at radius 3 is 2.80 bits per heavy atom. The molecule has 1 aromatic rings. The molecule has 0 saturated heterocycles. The Labute approximate surface area is 96.5 Å². The van der Waals surface area contributed by atoms with E-state index in [1.807, 2.05) is 0 Å². The number of rotatable bonds is 4. The van der Waals surface area contributed by atoms with Crippen molar-refractivity contribution in [2.45, 2.75) is 27.2 Å². The molecule has 0 fully saturated rings. The smallest absolute Gasteiger partial charge is 0.133 e. The summed E-state index contributed by atoms with van der Waals surface area (Å²) >= 11 is 1.35. The number of nitrogens with zero attached hydrogens (tertiary/aromatic N) is 1. The summed E-state index contributed by atoms with van der Waals surface area (Å²) in [5.41, 5.74) is 4.09. The SMILES string of the molecule is Cc1ccc(C)c(CC(C)CSC#N)c1. The van der Waals surface area contributed by atoms with E-state index in [0.717, 1.165) is 12.2 Å². The van der Waals surface area contributed by atoms with E-state index in [1.54, 1.807) is 0 Å².